The highest BCUT2D eigenvalue weighted by Crippen LogP contribution is 2.52. The van der Waals surface area contributed by atoms with Crippen molar-refractivity contribution in [1.29, 1.82) is 21.0 Å². The summed E-state index contributed by atoms with van der Waals surface area (Å²) in [4.78, 5) is 14.0. The Kier molecular flexibility index (Phi) is 6.45. The molecule has 0 aliphatic heterocycles. The topological polar surface area (TPSA) is 113 Å². The maximum Gasteiger partial charge on any atom is 0.270 e. The highest BCUT2D eigenvalue weighted by Gasteiger charge is 2.33. The lowest BCUT2D eigenvalue weighted by Crippen LogP contribution is -1.94. The van der Waals surface area contributed by atoms with Crippen LogP contribution >= 0.6 is 0 Å². The van der Waals surface area contributed by atoms with E-state index in [2.05, 4.69) is 31.5 Å². The molecule has 3 aromatic rings. The van der Waals surface area contributed by atoms with Gasteiger partial charge in [0.25, 0.3) is 11.4 Å². The predicted molar refractivity (Wildman–Crippen MR) is 154 cm³/mol. The molecule has 0 N–H and O–H groups in total. The Labute approximate surface area is 241 Å². The first-order chi connectivity index (χ1) is 20.5. The van der Waals surface area contributed by atoms with Crippen molar-refractivity contribution in [2.45, 2.75) is 0 Å². The molecule has 0 atom stereocenters. The lowest BCUT2D eigenvalue weighted by Gasteiger charge is -2.13. The maximum atomic E-state index is 10.2. The Morgan fingerprint density at radius 2 is 1.21 bits per heavy atom. The largest absolute Gasteiger partial charge is 0.270 e. The molecule has 2 aliphatic rings. The highest BCUT2D eigenvalue weighted by atomic mass is 14.7. The maximum absolute atomic E-state index is 10.2. The second-order valence-corrected chi connectivity index (χ2v) is 8.89. The summed E-state index contributed by atoms with van der Waals surface area (Å²) in [7, 11) is 0. The van der Waals surface area contributed by atoms with Crippen LogP contribution in [0.4, 0.5) is 5.69 Å². The van der Waals surface area contributed by atoms with E-state index in [1.54, 1.807) is 60.7 Å². The standard InChI is InChI=1S/C34H10N8/c1-39-22-9-11-23-25(14-22)27(16-36)30(32(23)28(17-37)40-2)20-6-5-7-21(13-20)31-33(29(18-38)41-3)24-10-8-19(15-35)12-26(24)34(31)42-4/h5-14H/b32-28+,33-29-. The molecular formula is C34H10N8. The second-order valence-electron chi connectivity index (χ2n) is 8.89. The fraction of sp³-hybridized carbons (Fsp3) is 0. The average Bonchev–Trinajstić information content (AvgIpc) is 3.54. The first-order valence-electron chi connectivity index (χ1n) is 12.0. The minimum absolute atomic E-state index is 0.159. The van der Waals surface area contributed by atoms with Crippen LogP contribution in [0.3, 0.4) is 0 Å². The molecule has 0 radical (unpaired) electrons. The first-order valence-corrected chi connectivity index (χ1v) is 12.0. The van der Waals surface area contributed by atoms with Gasteiger partial charge in [-0.1, -0.05) is 36.4 Å². The molecule has 0 aromatic heterocycles. The molecular weight excluding hydrogens is 520 g/mol. The van der Waals surface area contributed by atoms with Crippen LogP contribution in [0.1, 0.15) is 38.9 Å². The SMILES string of the molecule is [C-]#[N+]C1=C(c2cccc(C3=C(C#N)c4cc([N+]#[C-])ccc4/C3=C(/C#N)[N+]#[C-])c2)/C(=C(/C#N)[N+]#[C-])c2ccc(C#N)cc21. The van der Waals surface area contributed by atoms with Crippen LogP contribution in [-0.2, 0) is 0 Å². The van der Waals surface area contributed by atoms with Gasteiger partial charge < -0.3 is 0 Å². The van der Waals surface area contributed by atoms with Crippen LogP contribution in [0, 0.1) is 71.6 Å². The molecule has 2 aliphatic carbocycles. The molecule has 0 saturated heterocycles. The van der Waals surface area contributed by atoms with E-state index in [4.69, 9.17) is 26.3 Å². The van der Waals surface area contributed by atoms with Crippen LogP contribution in [0.5, 0.6) is 0 Å². The van der Waals surface area contributed by atoms with Gasteiger partial charge in [0.05, 0.1) is 55.6 Å². The highest BCUT2D eigenvalue weighted by molar-refractivity contribution is 6.27. The number of fused-ring (bicyclic) bond motifs is 2. The zero-order valence-electron chi connectivity index (χ0n) is 21.4. The van der Waals surface area contributed by atoms with Gasteiger partial charge in [0.2, 0.25) is 5.70 Å². The lowest BCUT2D eigenvalue weighted by molar-refractivity contribution is 1.46. The lowest BCUT2D eigenvalue weighted by atomic mass is 9.90. The van der Waals surface area contributed by atoms with E-state index in [0.29, 0.717) is 55.8 Å². The van der Waals surface area contributed by atoms with Crippen molar-refractivity contribution in [3.8, 4) is 24.3 Å². The number of benzene rings is 3. The molecule has 0 fully saturated rings. The second kappa shape index (κ2) is 10.4. The summed E-state index contributed by atoms with van der Waals surface area (Å²) >= 11 is 0. The first kappa shape index (κ1) is 26.2. The number of nitrogens with zero attached hydrogens (tertiary/aromatic N) is 8. The number of rotatable bonds is 2. The molecule has 5 rings (SSSR count). The number of hydrogen-bond donors (Lipinski definition) is 0. The molecule has 0 saturated carbocycles. The van der Waals surface area contributed by atoms with Gasteiger partial charge in [-0.15, -0.1) is 0 Å². The number of allylic oxidation sites excluding steroid dienone is 7. The van der Waals surface area contributed by atoms with Crippen molar-refractivity contribution in [1.82, 2.24) is 0 Å². The van der Waals surface area contributed by atoms with Crippen LogP contribution in [0.15, 0.2) is 72.1 Å². The molecule has 0 unspecified atom stereocenters. The molecule has 0 spiro atoms. The summed E-state index contributed by atoms with van der Waals surface area (Å²) in [5.74, 6) is 0. The molecule has 186 valence electrons. The summed E-state index contributed by atoms with van der Waals surface area (Å²) < 4.78 is 0. The predicted octanol–water partition coefficient (Wildman–Crippen LogP) is 7.67. The minimum Gasteiger partial charge on any atom is -0.238 e. The van der Waals surface area contributed by atoms with E-state index in [9.17, 15) is 21.0 Å². The molecule has 42 heavy (non-hydrogen) atoms. The normalized spacial score (nSPS) is 14.9. The van der Waals surface area contributed by atoms with Crippen LogP contribution < -0.4 is 0 Å². The zero-order chi connectivity index (χ0) is 30.0. The molecule has 8 nitrogen and oxygen atoms in total. The van der Waals surface area contributed by atoms with E-state index in [0.717, 1.165) is 0 Å². The van der Waals surface area contributed by atoms with E-state index < -0.39 is 0 Å². The van der Waals surface area contributed by atoms with Gasteiger partial charge in [0.15, 0.2) is 5.69 Å². The van der Waals surface area contributed by atoms with Crippen molar-refractivity contribution >= 4 is 39.2 Å². The average molecular weight is 531 g/mol. The summed E-state index contributed by atoms with van der Waals surface area (Å²) in [5, 5.41) is 39.3. The third kappa shape index (κ3) is 3.78. The van der Waals surface area contributed by atoms with Crippen molar-refractivity contribution in [3.05, 3.63) is 157 Å². The Bertz CT molecular complexity index is 2080. The van der Waals surface area contributed by atoms with Crippen LogP contribution in [0.25, 0.3) is 52.9 Å². The summed E-state index contributed by atoms with van der Waals surface area (Å²) in [6.45, 7) is 30.6. The fourth-order valence-corrected chi connectivity index (χ4v) is 5.23. The van der Waals surface area contributed by atoms with Crippen LogP contribution in [0.2, 0.25) is 0 Å². The van der Waals surface area contributed by atoms with Gasteiger partial charge in [-0.25, -0.2) is 29.9 Å². The smallest absolute Gasteiger partial charge is 0.238 e. The Morgan fingerprint density at radius 1 is 0.595 bits per heavy atom. The Morgan fingerprint density at radius 3 is 1.79 bits per heavy atom. The number of nitriles is 4. The third-order valence-electron chi connectivity index (χ3n) is 6.90. The van der Waals surface area contributed by atoms with Crippen molar-refractivity contribution in [2.75, 3.05) is 0 Å². The van der Waals surface area contributed by atoms with E-state index in [1.165, 1.54) is 0 Å². The van der Waals surface area contributed by atoms with E-state index in [-0.39, 0.29) is 33.8 Å². The quantitative estimate of drug-likeness (QED) is 0.250. The van der Waals surface area contributed by atoms with E-state index in [1.807, 2.05) is 12.1 Å². The Hall–Kier alpha value is -7.46. The van der Waals surface area contributed by atoms with Gasteiger partial charge in [-0.05, 0) is 74.4 Å². The zero-order valence-corrected chi connectivity index (χ0v) is 21.4. The van der Waals surface area contributed by atoms with Gasteiger partial charge in [0.1, 0.15) is 6.07 Å². The van der Waals surface area contributed by atoms with Gasteiger partial charge in [0, 0.05) is 5.57 Å². The van der Waals surface area contributed by atoms with Crippen LogP contribution in [-0.4, -0.2) is 0 Å². The molecule has 0 bridgehead atoms. The molecule has 3 aromatic carbocycles. The summed E-state index contributed by atoms with van der Waals surface area (Å²) in [6, 6.07) is 24.3. The molecule has 8 heteroatoms. The van der Waals surface area contributed by atoms with E-state index >= 15 is 0 Å². The summed E-state index contributed by atoms with van der Waals surface area (Å²) in [6.07, 6.45) is 0. The molecule has 0 amide bonds. The third-order valence-corrected chi connectivity index (χ3v) is 6.90. The van der Waals surface area contributed by atoms with Gasteiger partial charge >= 0.3 is 0 Å². The van der Waals surface area contributed by atoms with Crippen molar-refractivity contribution in [3.63, 3.8) is 0 Å². The summed E-state index contributed by atoms with van der Waals surface area (Å²) in [5.41, 5.74) is 4.40. The monoisotopic (exact) mass is 530 g/mol. The van der Waals surface area contributed by atoms with Gasteiger partial charge in [-0.2, -0.15) is 10.5 Å². The van der Waals surface area contributed by atoms with Crippen molar-refractivity contribution in [2.24, 2.45) is 0 Å². The van der Waals surface area contributed by atoms with Crippen molar-refractivity contribution < 1.29 is 0 Å². The molecule has 0 heterocycles. The van der Waals surface area contributed by atoms with Gasteiger partial charge in [-0.3, -0.25) is 0 Å². The fourth-order valence-electron chi connectivity index (χ4n) is 5.23. The Balaban J connectivity index is 1.85. The number of hydrogen-bond acceptors (Lipinski definition) is 4. The minimum atomic E-state index is -0.226.